The monoisotopic (exact) mass is 720 g/mol. The average Bonchev–Trinajstić information content (AvgIpc) is 3.12. The molecule has 51 heavy (non-hydrogen) atoms. The quantitative estimate of drug-likeness (QED) is 0.0676. The van der Waals surface area contributed by atoms with Gasteiger partial charge in [0, 0.05) is 17.9 Å². The van der Waals surface area contributed by atoms with Crippen LogP contribution in [0.1, 0.15) is 46.0 Å². The summed E-state index contributed by atoms with van der Waals surface area (Å²) in [6.45, 7) is 6.51. The number of carbonyl (C=O) groups excluding carboxylic acids is 2. The van der Waals surface area contributed by atoms with Crippen molar-refractivity contribution in [3.8, 4) is 0 Å². The molecule has 0 unspecified atom stereocenters. The van der Waals surface area contributed by atoms with Gasteiger partial charge in [0.2, 0.25) is 0 Å². The van der Waals surface area contributed by atoms with Gasteiger partial charge in [-0.05, 0) is 61.0 Å². The first kappa shape index (κ1) is 41.2. The number of hydrogen-bond acceptors (Lipinski definition) is 11. The lowest BCUT2D eigenvalue weighted by Gasteiger charge is -2.13. The lowest BCUT2D eigenvalue weighted by atomic mass is 10.1. The molecule has 0 aliphatic heterocycles. The number of nitrogens with one attached hydrogen (secondary N) is 2. The van der Waals surface area contributed by atoms with Crippen LogP contribution in [0.25, 0.3) is 0 Å². The van der Waals surface area contributed by atoms with Gasteiger partial charge in [0.1, 0.15) is 13.2 Å². The lowest BCUT2D eigenvalue weighted by molar-refractivity contribution is -0.137. The van der Waals surface area contributed by atoms with Gasteiger partial charge in [0.15, 0.2) is 0 Å². The molecule has 11 nitrogen and oxygen atoms in total. The number of benzene rings is 3. The zero-order chi connectivity index (χ0) is 36.6. The molecule has 3 rings (SSSR count). The number of unbranched alkanes of at least 4 members (excludes halogenated alkanes) is 1. The van der Waals surface area contributed by atoms with Crippen molar-refractivity contribution in [2.24, 2.45) is 0 Å². The van der Waals surface area contributed by atoms with Gasteiger partial charge in [-0.2, -0.15) is 13.2 Å². The maximum absolute atomic E-state index is 13.0. The predicted molar refractivity (Wildman–Crippen MR) is 186 cm³/mol. The van der Waals surface area contributed by atoms with E-state index in [1.54, 1.807) is 30.3 Å². The number of para-hydroxylation sites is 1. The van der Waals surface area contributed by atoms with Gasteiger partial charge in [-0.1, -0.05) is 31.5 Å². The summed E-state index contributed by atoms with van der Waals surface area (Å²) >= 11 is 0. The molecule has 280 valence electrons. The highest BCUT2D eigenvalue weighted by atomic mass is 19.4. The number of esters is 2. The van der Waals surface area contributed by atoms with Crippen LogP contribution in [0.4, 0.5) is 30.2 Å². The van der Waals surface area contributed by atoms with Crippen molar-refractivity contribution < 1.29 is 55.9 Å². The second kappa shape index (κ2) is 24.1. The molecule has 3 aromatic carbocycles. The van der Waals surface area contributed by atoms with E-state index in [1.807, 2.05) is 12.1 Å². The Morgan fingerprint density at radius 3 is 1.69 bits per heavy atom. The van der Waals surface area contributed by atoms with Gasteiger partial charge >= 0.3 is 18.1 Å². The average molecular weight is 721 g/mol. The maximum Gasteiger partial charge on any atom is 0.416 e. The summed E-state index contributed by atoms with van der Waals surface area (Å²) in [6.07, 6.45) is -2.27. The largest absolute Gasteiger partial charge is 0.460 e. The molecule has 0 fully saturated rings. The Hall–Kier alpha value is -4.21. The first-order valence-electron chi connectivity index (χ1n) is 16.9. The number of carbonyl (C=O) groups is 2. The van der Waals surface area contributed by atoms with Crippen LogP contribution in [0.2, 0.25) is 0 Å². The van der Waals surface area contributed by atoms with E-state index in [1.165, 1.54) is 18.2 Å². The standard InChI is InChI=1S/C37H47F3N2O9/c1-2-3-15-41-31-13-11-29(12-14-31)35(43)50-26-24-48-22-20-46-18-16-45-17-19-47-21-23-49-25-27-51-36(44)33-9-4-5-10-34(33)42-32-8-6-7-30(28-32)37(38,39)40/h4-14,28,41-42H,2-3,15-27H2,1H3. The van der Waals surface area contributed by atoms with Crippen LogP contribution in [0.15, 0.2) is 72.8 Å². The second-order valence-electron chi connectivity index (χ2n) is 10.9. The predicted octanol–water partition coefficient (Wildman–Crippen LogP) is 6.76. The molecule has 0 aliphatic carbocycles. The number of rotatable bonds is 26. The fraction of sp³-hybridized carbons (Fsp3) is 0.459. The van der Waals surface area contributed by atoms with Crippen LogP contribution in [0.5, 0.6) is 0 Å². The van der Waals surface area contributed by atoms with Gasteiger partial charge < -0.3 is 43.8 Å². The maximum atomic E-state index is 13.0. The Bertz CT molecular complexity index is 1420. The summed E-state index contributed by atoms with van der Waals surface area (Å²) in [7, 11) is 0. The summed E-state index contributed by atoms with van der Waals surface area (Å²) in [4.78, 5) is 24.7. The van der Waals surface area contributed by atoms with Crippen LogP contribution >= 0.6 is 0 Å². The fourth-order valence-electron chi connectivity index (χ4n) is 4.36. The Kier molecular flexibility index (Phi) is 19.4. The van der Waals surface area contributed by atoms with Crippen molar-refractivity contribution in [1.29, 1.82) is 0 Å². The van der Waals surface area contributed by atoms with Crippen LogP contribution in [0.3, 0.4) is 0 Å². The zero-order valence-electron chi connectivity index (χ0n) is 28.8. The highest BCUT2D eigenvalue weighted by Crippen LogP contribution is 2.32. The third-order valence-corrected chi connectivity index (χ3v) is 7.01. The number of halogens is 3. The molecule has 0 aliphatic rings. The minimum atomic E-state index is -4.48. The molecule has 0 amide bonds. The van der Waals surface area contributed by atoms with E-state index in [0.717, 1.165) is 37.2 Å². The second-order valence-corrected chi connectivity index (χ2v) is 10.9. The highest BCUT2D eigenvalue weighted by molar-refractivity contribution is 5.96. The van der Waals surface area contributed by atoms with Crippen LogP contribution < -0.4 is 10.6 Å². The Morgan fingerprint density at radius 1 is 0.608 bits per heavy atom. The van der Waals surface area contributed by atoms with E-state index < -0.39 is 23.7 Å². The fourth-order valence-corrected chi connectivity index (χ4v) is 4.36. The molecule has 14 heteroatoms. The van der Waals surface area contributed by atoms with Gasteiger partial charge in [-0.3, -0.25) is 0 Å². The van der Waals surface area contributed by atoms with Gasteiger partial charge in [-0.25, -0.2) is 9.59 Å². The molecule has 0 saturated heterocycles. The molecule has 2 N–H and O–H groups in total. The summed E-state index contributed by atoms with van der Waals surface area (Å²) in [6, 6.07) is 18.3. The van der Waals surface area contributed by atoms with E-state index in [4.69, 9.17) is 33.2 Å². The Labute approximate surface area is 296 Å². The highest BCUT2D eigenvalue weighted by Gasteiger charge is 2.30. The molecule has 0 atom stereocenters. The van der Waals surface area contributed by atoms with E-state index >= 15 is 0 Å². The van der Waals surface area contributed by atoms with E-state index in [2.05, 4.69) is 17.6 Å². The summed E-state index contributed by atoms with van der Waals surface area (Å²) in [5.74, 6) is -1.02. The smallest absolute Gasteiger partial charge is 0.416 e. The normalized spacial score (nSPS) is 11.3. The minimum Gasteiger partial charge on any atom is -0.460 e. The van der Waals surface area contributed by atoms with Crippen molar-refractivity contribution in [3.63, 3.8) is 0 Å². The molecule has 3 aromatic rings. The topological polar surface area (TPSA) is 123 Å². The van der Waals surface area contributed by atoms with E-state index in [0.29, 0.717) is 57.5 Å². The van der Waals surface area contributed by atoms with Gasteiger partial charge in [0.05, 0.1) is 88.4 Å². The van der Waals surface area contributed by atoms with Crippen molar-refractivity contribution in [2.75, 3.05) is 96.5 Å². The van der Waals surface area contributed by atoms with Gasteiger partial charge in [-0.15, -0.1) is 0 Å². The van der Waals surface area contributed by atoms with E-state index in [-0.39, 0.29) is 44.3 Å². The molecule has 0 bridgehead atoms. The van der Waals surface area contributed by atoms with Crippen LogP contribution in [-0.2, 0) is 39.3 Å². The molecule has 0 saturated carbocycles. The summed E-state index contributed by atoms with van der Waals surface area (Å²) in [5, 5.41) is 6.16. The molecule has 0 radical (unpaired) electrons. The molecule has 0 spiro atoms. The van der Waals surface area contributed by atoms with Crippen molar-refractivity contribution in [2.45, 2.75) is 25.9 Å². The van der Waals surface area contributed by atoms with Crippen molar-refractivity contribution in [3.05, 3.63) is 89.5 Å². The SMILES string of the molecule is CCCCNc1ccc(C(=O)OCCOCCOCCOCCOCCOCCOC(=O)c2ccccc2Nc2cccc(C(F)(F)F)c2)cc1. The first-order chi connectivity index (χ1) is 24.8. The first-order valence-corrected chi connectivity index (χ1v) is 16.9. The number of hydrogen-bond donors (Lipinski definition) is 2. The third kappa shape index (κ3) is 17.0. The number of alkyl halides is 3. The Morgan fingerprint density at radius 2 is 1.14 bits per heavy atom. The van der Waals surface area contributed by atoms with Crippen LogP contribution in [-0.4, -0.2) is 97.8 Å². The number of ether oxygens (including phenoxy) is 7. The van der Waals surface area contributed by atoms with Gasteiger partial charge in [0.25, 0.3) is 0 Å². The summed E-state index contributed by atoms with van der Waals surface area (Å²) < 4.78 is 76.8. The zero-order valence-corrected chi connectivity index (χ0v) is 28.8. The minimum absolute atomic E-state index is 0.00910. The Balaban J connectivity index is 1.10. The van der Waals surface area contributed by atoms with E-state index in [9.17, 15) is 22.8 Å². The molecular weight excluding hydrogens is 673 g/mol. The van der Waals surface area contributed by atoms with Crippen molar-refractivity contribution >= 4 is 29.0 Å². The van der Waals surface area contributed by atoms with Crippen LogP contribution in [0, 0.1) is 0 Å². The lowest BCUT2D eigenvalue weighted by Crippen LogP contribution is -2.16. The molecular formula is C37H47F3N2O9. The number of anilines is 3. The molecule has 0 heterocycles. The molecule has 0 aromatic heterocycles. The third-order valence-electron chi connectivity index (χ3n) is 7.01. The van der Waals surface area contributed by atoms with Crippen molar-refractivity contribution in [1.82, 2.24) is 0 Å². The summed E-state index contributed by atoms with van der Waals surface area (Å²) in [5.41, 5.74) is 1.36.